The number of nitrogens with two attached hydrogens (primary N) is 1. The lowest BCUT2D eigenvalue weighted by atomic mass is 9.92. The smallest absolute Gasteiger partial charge is 0.388 e. The number of benzene rings is 1. The minimum atomic E-state index is -2.96. The highest BCUT2D eigenvalue weighted by atomic mass is 19.3. The third-order valence-electron chi connectivity index (χ3n) is 5.39. The average Bonchev–Trinajstić information content (AvgIpc) is 3.06. The molecule has 1 aliphatic carbocycles. The van der Waals surface area contributed by atoms with Crippen molar-refractivity contribution in [1.29, 1.82) is 0 Å². The SMILES string of the molecule is COc1ccc(Cn2nc(OC(F)F)c3cc(NC4CCC(N)CC4)cnc32)cc1. The van der Waals surface area contributed by atoms with E-state index in [-0.39, 0.29) is 18.0 Å². The molecule has 0 saturated heterocycles. The first-order valence-corrected chi connectivity index (χ1v) is 9.98. The van der Waals surface area contributed by atoms with Crippen LogP contribution in [-0.4, -0.2) is 40.6 Å². The molecule has 30 heavy (non-hydrogen) atoms. The Kier molecular flexibility index (Phi) is 5.98. The molecule has 0 amide bonds. The molecule has 0 unspecified atom stereocenters. The number of halogens is 2. The zero-order valence-corrected chi connectivity index (χ0v) is 16.7. The van der Waals surface area contributed by atoms with Crippen molar-refractivity contribution < 1.29 is 18.3 Å². The van der Waals surface area contributed by atoms with E-state index in [1.807, 2.05) is 24.3 Å². The summed E-state index contributed by atoms with van der Waals surface area (Å²) in [6.45, 7) is -2.60. The number of anilines is 1. The van der Waals surface area contributed by atoms with E-state index in [2.05, 4.69) is 20.1 Å². The summed E-state index contributed by atoms with van der Waals surface area (Å²) in [5, 5.41) is 8.12. The summed E-state index contributed by atoms with van der Waals surface area (Å²) in [6, 6.07) is 9.77. The van der Waals surface area contributed by atoms with Crippen molar-refractivity contribution in [2.24, 2.45) is 5.73 Å². The van der Waals surface area contributed by atoms with Crippen LogP contribution < -0.4 is 20.5 Å². The van der Waals surface area contributed by atoms with Gasteiger partial charge in [0.2, 0.25) is 5.88 Å². The predicted molar refractivity (Wildman–Crippen MR) is 110 cm³/mol. The van der Waals surface area contributed by atoms with Gasteiger partial charge in [-0.2, -0.15) is 8.78 Å². The van der Waals surface area contributed by atoms with Gasteiger partial charge in [0.05, 0.1) is 30.9 Å². The summed E-state index contributed by atoms with van der Waals surface area (Å²) in [5.41, 5.74) is 8.14. The van der Waals surface area contributed by atoms with Gasteiger partial charge in [0.15, 0.2) is 5.65 Å². The number of pyridine rings is 1. The highest BCUT2D eigenvalue weighted by Gasteiger charge is 2.21. The number of rotatable bonds is 7. The van der Waals surface area contributed by atoms with Gasteiger partial charge in [-0.1, -0.05) is 12.1 Å². The zero-order chi connectivity index (χ0) is 21.1. The number of hydrogen-bond donors (Lipinski definition) is 2. The van der Waals surface area contributed by atoms with E-state index in [4.69, 9.17) is 10.5 Å². The van der Waals surface area contributed by atoms with Gasteiger partial charge in [-0.25, -0.2) is 9.67 Å². The second kappa shape index (κ2) is 8.83. The van der Waals surface area contributed by atoms with Crippen LogP contribution in [0.2, 0.25) is 0 Å². The number of nitrogens with zero attached hydrogens (tertiary/aromatic N) is 3. The van der Waals surface area contributed by atoms with Crippen LogP contribution in [0, 0.1) is 0 Å². The van der Waals surface area contributed by atoms with Crippen LogP contribution in [0.15, 0.2) is 36.5 Å². The Morgan fingerprint density at radius 2 is 1.93 bits per heavy atom. The number of alkyl halides is 2. The van der Waals surface area contributed by atoms with Gasteiger partial charge in [0, 0.05) is 12.1 Å². The van der Waals surface area contributed by atoms with E-state index >= 15 is 0 Å². The first-order chi connectivity index (χ1) is 14.5. The maximum Gasteiger partial charge on any atom is 0.388 e. The normalized spacial score (nSPS) is 19.2. The highest BCUT2D eigenvalue weighted by Crippen LogP contribution is 2.29. The van der Waals surface area contributed by atoms with E-state index in [1.165, 1.54) is 0 Å². The van der Waals surface area contributed by atoms with E-state index in [0.717, 1.165) is 42.7 Å². The van der Waals surface area contributed by atoms with Gasteiger partial charge < -0.3 is 20.5 Å². The molecule has 2 heterocycles. The van der Waals surface area contributed by atoms with E-state index in [0.29, 0.717) is 17.6 Å². The fourth-order valence-electron chi connectivity index (χ4n) is 3.80. The lowest BCUT2D eigenvalue weighted by Crippen LogP contribution is -2.32. The largest absolute Gasteiger partial charge is 0.497 e. The van der Waals surface area contributed by atoms with Gasteiger partial charge >= 0.3 is 6.61 Å². The van der Waals surface area contributed by atoms with Crippen molar-refractivity contribution in [3.63, 3.8) is 0 Å². The third-order valence-corrected chi connectivity index (χ3v) is 5.39. The van der Waals surface area contributed by atoms with Crippen LogP contribution in [0.4, 0.5) is 14.5 Å². The molecule has 0 atom stereocenters. The van der Waals surface area contributed by atoms with E-state index < -0.39 is 6.61 Å². The van der Waals surface area contributed by atoms with Crippen molar-refractivity contribution in [1.82, 2.24) is 14.8 Å². The molecule has 160 valence electrons. The molecule has 1 fully saturated rings. The van der Waals surface area contributed by atoms with Gasteiger partial charge in [-0.3, -0.25) is 0 Å². The molecule has 1 aromatic carbocycles. The van der Waals surface area contributed by atoms with Crippen molar-refractivity contribution in [3.8, 4) is 11.6 Å². The molecule has 7 nitrogen and oxygen atoms in total. The van der Waals surface area contributed by atoms with Crippen LogP contribution >= 0.6 is 0 Å². The van der Waals surface area contributed by atoms with Gasteiger partial charge in [0.1, 0.15) is 5.75 Å². The third kappa shape index (κ3) is 4.62. The van der Waals surface area contributed by atoms with Crippen LogP contribution in [0.5, 0.6) is 11.6 Å². The lowest BCUT2D eigenvalue weighted by molar-refractivity contribution is -0.0522. The molecule has 1 saturated carbocycles. The fraction of sp³-hybridized carbons (Fsp3) is 0.429. The molecule has 0 bridgehead atoms. The minimum absolute atomic E-state index is 0.129. The summed E-state index contributed by atoms with van der Waals surface area (Å²) in [5.74, 6) is 0.610. The number of fused-ring (bicyclic) bond motifs is 1. The van der Waals surface area contributed by atoms with Crippen molar-refractivity contribution >= 4 is 16.7 Å². The Labute approximate surface area is 173 Å². The number of aromatic nitrogens is 3. The van der Waals surface area contributed by atoms with Crippen molar-refractivity contribution in [2.75, 3.05) is 12.4 Å². The summed E-state index contributed by atoms with van der Waals surface area (Å²) >= 11 is 0. The Hall–Kier alpha value is -2.94. The van der Waals surface area contributed by atoms with Crippen LogP contribution in [-0.2, 0) is 6.54 Å². The fourth-order valence-corrected chi connectivity index (χ4v) is 3.80. The second-order valence-electron chi connectivity index (χ2n) is 7.54. The number of nitrogens with one attached hydrogen (secondary N) is 1. The topological polar surface area (TPSA) is 87.2 Å². The maximum absolute atomic E-state index is 12.9. The Morgan fingerprint density at radius 3 is 2.60 bits per heavy atom. The Bertz CT molecular complexity index is 985. The minimum Gasteiger partial charge on any atom is -0.497 e. The summed E-state index contributed by atoms with van der Waals surface area (Å²) in [6.07, 6.45) is 5.57. The van der Waals surface area contributed by atoms with Crippen molar-refractivity contribution in [3.05, 3.63) is 42.1 Å². The Morgan fingerprint density at radius 1 is 1.20 bits per heavy atom. The first kappa shape index (κ1) is 20.3. The molecule has 1 aliphatic rings. The van der Waals surface area contributed by atoms with E-state index in [9.17, 15) is 8.78 Å². The van der Waals surface area contributed by atoms with Gasteiger partial charge in [0.25, 0.3) is 0 Å². The molecular weight excluding hydrogens is 392 g/mol. The number of ether oxygens (including phenoxy) is 2. The molecule has 4 rings (SSSR count). The molecule has 9 heteroatoms. The lowest BCUT2D eigenvalue weighted by Gasteiger charge is -2.27. The second-order valence-corrected chi connectivity index (χ2v) is 7.54. The molecule has 0 radical (unpaired) electrons. The quantitative estimate of drug-likeness (QED) is 0.609. The monoisotopic (exact) mass is 417 g/mol. The summed E-state index contributed by atoms with van der Waals surface area (Å²) in [7, 11) is 1.60. The average molecular weight is 417 g/mol. The zero-order valence-electron chi connectivity index (χ0n) is 16.7. The molecule has 0 spiro atoms. The van der Waals surface area contributed by atoms with Gasteiger partial charge in [-0.15, -0.1) is 5.10 Å². The number of methoxy groups -OCH3 is 1. The standard InChI is InChI=1S/C21H25F2N5O2/c1-29-17-8-2-13(3-9-17)12-28-19-18(20(27-28)30-21(22)23)10-16(11-25-19)26-15-6-4-14(24)5-7-15/h2-3,8-11,14-15,21,26H,4-7,12,24H2,1H3. The van der Waals surface area contributed by atoms with Gasteiger partial charge in [-0.05, 0) is 49.4 Å². The molecule has 3 aromatic rings. The summed E-state index contributed by atoms with van der Waals surface area (Å²) < 4.78 is 37.3. The van der Waals surface area contributed by atoms with E-state index in [1.54, 1.807) is 24.1 Å². The molecule has 2 aromatic heterocycles. The predicted octanol–water partition coefficient (Wildman–Crippen LogP) is 3.77. The Balaban J connectivity index is 1.60. The molecule has 0 aliphatic heterocycles. The first-order valence-electron chi connectivity index (χ1n) is 9.98. The van der Waals surface area contributed by atoms with Crippen molar-refractivity contribution in [2.45, 2.75) is 50.9 Å². The van der Waals surface area contributed by atoms with Crippen LogP contribution in [0.1, 0.15) is 31.2 Å². The maximum atomic E-state index is 12.9. The highest BCUT2D eigenvalue weighted by molar-refractivity contribution is 5.84. The molecule has 3 N–H and O–H groups in total. The van der Waals surface area contributed by atoms with Crippen LogP contribution in [0.3, 0.4) is 0 Å². The number of hydrogen-bond acceptors (Lipinski definition) is 6. The van der Waals surface area contributed by atoms with Crippen LogP contribution in [0.25, 0.3) is 11.0 Å². The summed E-state index contributed by atoms with van der Waals surface area (Å²) in [4.78, 5) is 4.48. The molecular formula is C21H25F2N5O2.